The lowest BCUT2D eigenvalue weighted by Crippen LogP contribution is -2.30. The number of benzene rings is 1. The summed E-state index contributed by atoms with van der Waals surface area (Å²) in [6.45, 7) is 0. The number of ether oxygens (including phenoxy) is 1. The summed E-state index contributed by atoms with van der Waals surface area (Å²) in [5.74, 6) is 4.22. The number of alkyl halides is 3. The topological polar surface area (TPSA) is 60.2 Å². The zero-order valence-electron chi connectivity index (χ0n) is 10.6. The molecule has 4 nitrogen and oxygen atoms in total. The van der Waals surface area contributed by atoms with Gasteiger partial charge in [0.1, 0.15) is 11.6 Å². The molecule has 0 spiro atoms. The molecule has 0 radical (unpaired) electrons. The summed E-state index contributed by atoms with van der Waals surface area (Å²) in [6.07, 6.45) is -2.59. The van der Waals surface area contributed by atoms with Gasteiger partial charge in [-0.05, 0) is 12.1 Å². The van der Waals surface area contributed by atoms with Crippen LogP contribution in [0.1, 0.15) is 17.2 Å². The van der Waals surface area contributed by atoms with Crippen LogP contribution >= 0.6 is 0 Å². The van der Waals surface area contributed by atoms with E-state index in [2.05, 4.69) is 15.1 Å². The zero-order chi connectivity index (χ0) is 15.5. The van der Waals surface area contributed by atoms with Gasteiger partial charge in [0, 0.05) is 17.3 Å². The molecule has 3 N–H and O–H groups in total. The Balaban J connectivity index is 2.46. The summed E-state index contributed by atoms with van der Waals surface area (Å²) >= 11 is 0. The van der Waals surface area contributed by atoms with Crippen molar-refractivity contribution in [1.29, 1.82) is 0 Å². The van der Waals surface area contributed by atoms with E-state index in [4.69, 9.17) is 5.84 Å². The molecule has 8 heteroatoms. The first-order valence-corrected chi connectivity index (χ1v) is 5.82. The lowest BCUT2D eigenvalue weighted by molar-refractivity contribution is -0.275. The quantitative estimate of drug-likeness (QED) is 0.518. The van der Waals surface area contributed by atoms with Crippen LogP contribution in [0.25, 0.3) is 0 Å². The molecule has 0 aliphatic rings. The summed E-state index contributed by atoms with van der Waals surface area (Å²) in [4.78, 5) is 3.58. The average molecular weight is 301 g/mol. The Labute approximate surface area is 117 Å². The van der Waals surface area contributed by atoms with Crippen molar-refractivity contribution in [2.24, 2.45) is 5.84 Å². The highest BCUT2D eigenvalue weighted by Gasteiger charge is 2.33. The molecule has 0 amide bonds. The third-order valence-corrected chi connectivity index (χ3v) is 2.74. The van der Waals surface area contributed by atoms with Gasteiger partial charge < -0.3 is 4.74 Å². The lowest BCUT2D eigenvalue weighted by atomic mass is 9.99. The van der Waals surface area contributed by atoms with Gasteiger partial charge in [-0.3, -0.25) is 10.8 Å². The summed E-state index contributed by atoms with van der Waals surface area (Å²) in [7, 11) is 0. The van der Waals surface area contributed by atoms with Crippen molar-refractivity contribution in [3.05, 3.63) is 59.7 Å². The molecule has 2 aromatic rings. The second-order valence-corrected chi connectivity index (χ2v) is 4.08. The minimum Gasteiger partial charge on any atom is -0.405 e. The maximum Gasteiger partial charge on any atom is 0.573 e. The fourth-order valence-electron chi connectivity index (χ4n) is 1.90. The molecule has 0 aliphatic carbocycles. The number of hydrogen-bond acceptors (Lipinski definition) is 4. The SMILES string of the molecule is NNC(c1ccncc1F)c1ccccc1OC(F)(F)F. The predicted molar refractivity (Wildman–Crippen MR) is 66.5 cm³/mol. The highest BCUT2D eigenvalue weighted by molar-refractivity contribution is 5.41. The smallest absolute Gasteiger partial charge is 0.405 e. The van der Waals surface area contributed by atoms with E-state index in [1.54, 1.807) is 0 Å². The molecule has 0 saturated carbocycles. The van der Waals surface area contributed by atoms with Gasteiger partial charge >= 0.3 is 6.36 Å². The summed E-state index contributed by atoms with van der Waals surface area (Å²) < 4.78 is 54.9. The fraction of sp³-hybridized carbons (Fsp3) is 0.154. The van der Waals surface area contributed by atoms with Crippen molar-refractivity contribution in [3.8, 4) is 5.75 Å². The Bertz CT molecular complexity index is 618. The third kappa shape index (κ3) is 3.67. The highest BCUT2D eigenvalue weighted by atomic mass is 19.4. The number of nitrogens with two attached hydrogens (primary N) is 1. The first kappa shape index (κ1) is 15.2. The second-order valence-electron chi connectivity index (χ2n) is 4.08. The molecule has 1 atom stereocenters. The van der Waals surface area contributed by atoms with Crippen LogP contribution in [0.5, 0.6) is 5.75 Å². The van der Waals surface area contributed by atoms with Crippen molar-refractivity contribution in [1.82, 2.24) is 10.4 Å². The number of hydrazine groups is 1. The van der Waals surface area contributed by atoms with E-state index in [0.717, 1.165) is 12.3 Å². The summed E-state index contributed by atoms with van der Waals surface area (Å²) in [5, 5.41) is 0. The van der Waals surface area contributed by atoms with Crippen LogP contribution in [0.4, 0.5) is 17.6 Å². The summed E-state index contributed by atoms with van der Waals surface area (Å²) in [6, 6.07) is 5.69. The Morgan fingerprint density at radius 2 is 1.86 bits per heavy atom. The minimum atomic E-state index is -4.86. The summed E-state index contributed by atoms with van der Waals surface area (Å²) in [5.41, 5.74) is 2.41. The number of pyridine rings is 1. The molecule has 1 heterocycles. The van der Waals surface area contributed by atoms with Crippen LogP contribution in [0, 0.1) is 5.82 Å². The average Bonchev–Trinajstić information content (AvgIpc) is 2.42. The van der Waals surface area contributed by atoms with Crippen LogP contribution in [0.2, 0.25) is 0 Å². The molecule has 0 aliphatic heterocycles. The second kappa shape index (κ2) is 6.06. The number of aromatic nitrogens is 1. The molecular weight excluding hydrogens is 290 g/mol. The van der Waals surface area contributed by atoms with E-state index < -0.39 is 24.0 Å². The molecule has 0 bridgehead atoms. The van der Waals surface area contributed by atoms with Crippen molar-refractivity contribution in [2.45, 2.75) is 12.4 Å². The largest absolute Gasteiger partial charge is 0.573 e. The molecule has 21 heavy (non-hydrogen) atoms. The highest BCUT2D eigenvalue weighted by Crippen LogP contribution is 2.33. The molecular formula is C13H11F4N3O. The first-order valence-electron chi connectivity index (χ1n) is 5.82. The van der Waals surface area contributed by atoms with E-state index in [1.165, 1.54) is 30.5 Å². The molecule has 1 aromatic carbocycles. The van der Waals surface area contributed by atoms with Crippen molar-refractivity contribution < 1.29 is 22.3 Å². The number of halogens is 4. The van der Waals surface area contributed by atoms with E-state index in [-0.39, 0.29) is 11.1 Å². The monoisotopic (exact) mass is 301 g/mol. The van der Waals surface area contributed by atoms with Crippen molar-refractivity contribution >= 4 is 0 Å². The Hall–Kier alpha value is -2.19. The lowest BCUT2D eigenvalue weighted by Gasteiger charge is -2.21. The van der Waals surface area contributed by atoms with E-state index in [0.29, 0.717) is 0 Å². The Morgan fingerprint density at radius 3 is 2.48 bits per heavy atom. The van der Waals surface area contributed by atoms with Crippen LogP contribution in [-0.4, -0.2) is 11.3 Å². The van der Waals surface area contributed by atoms with E-state index >= 15 is 0 Å². The first-order chi connectivity index (χ1) is 9.92. The molecule has 0 saturated heterocycles. The van der Waals surface area contributed by atoms with Crippen molar-refractivity contribution in [3.63, 3.8) is 0 Å². The molecule has 112 valence electrons. The van der Waals surface area contributed by atoms with Gasteiger partial charge in [-0.2, -0.15) is 0 Å². The normalized spacial score (nSPS) is 13.0. The molecule has 1 unspecified atom stereocenters. The molecule has 2 rings (SSSR count). The van der Waals surface area contributed by atoms with Gasteiger partial charge in [0.2, 0.25) is 0 Å². The zero-order valence-corrected chi connectivity index (χ0v) is 10.6. The molecule has 0 fully saturated rings. The van der Waals surface area contributed by atoms with Crippen LogP contribution in [-0.2, 0) is 0 Å². The van der Waals surface area contributed by atoms with Crippen molar-refractivity contribution in [2.75, 3.05) is 0 Å². The number of hydrogen-bond donors (Lipinski definition) is 2. The van der Waals surface area contributed by atoms with Gasteiger partial charge in [-0.1, -0.05) is 18.2 Å². The minimum absolute atomic E-state index is 0.0578. The standard InChI is InChI=1S/C13H11F4N3O/c14-10-7-19-6-5-8(10)12(20-18)9-3-1-2-4-11(9)21-13(15,16)17/h1-7,12,20H,18H2. The van der Waals surface area contributed by atoms with Crippen LogP contribution in [0.15, 0.2) is 42.7 Å². The predicted octanol–water partition coefficient (Wildman–Crippen LogP) is 2.67. The number of rotatable bonds is 4. The number of para-hydroxylation sites is 1. The molecule has 1 aromatic heterocycles. The van der Waals surface area contributed by atoms with Gasteiger partial charge in [0.25, 0.3) is 0 Å². The Morgan fingerprint density at radius 1 is 1.14 bits per heavy atom. The van der Waals surface area contributed by atoms with E-state index in [1.807, 2.05) is 0 Å². The maximum absolute atomic E-state index is 13.8. The fourth-order valence-corrected chi connectivity index (χ4v) is 1.90. The third-order valence-electron chi connectivity index (χ3n) is 2.74. The van der Waals surface area contributed by atoms with Gasteiger partial charge in [0.15, 0.2) is 0 Å². The Kier molecular flexibility index (Phi) is 4.39. The van der Waals surface area contributed by atoms with Crippen LogP contribution in [0.3, 0.4) is 0 Å². The van der Waals surface area contributed by atoms with Crippen LogP contribution < -0.4 is 16.0 Å². The van der Waals surface area contributed by atoms with Gasteiger partial charge in [-0.25, -0.2) is 9.82 Å². The number of nitrogens with zero attached hydrogens (tertiary/aromatic N) is 1. The number of nitrogens with one attached hydrogen (secondary N) is 1. The van der Waals surface area contributed by atoms with Gasteiger partial charge in [-0.15, -0.1) is 13.2 Å². The van der Waals surface area contributed by atoms with Gasteiger partial charge in [0.05, 0.1) is 12.2 Å². The van der Waals surface area contributed by atoms with E-state index in [9.17, 15) is 17.6 Å². The maximum atomic E-state index is 13.8.